The molecule has 0 saturated carbocycles. The van der Waals surface area contributed by atoms with E-state index in [9.17, 15) is 9.59 Å². The SMILES string of the molecule is CCC(C)c1ccccc1NC(=O)COC(=O)c1n[nH]c2ccccc12. The fourth-order valence-electron chi connectivity index (χ4n) is 2.77. The van der Waals surface area contributed by atoms with Crippen molar-refractivity contribution in [2.45, 2.75) is 26.2 Å². The van der Waals surface area contributed by atoms with E-state index in [1.807, 2.05) is 42.5 Å². The molecule has 1 atom stereocenters. The number of benzene rings is 2. The number of ether oxygens (including phenoxy) is 1. The number of rotatable bonds is 6. The first-order valence-electron chi connectivity index (χ1n) is 8.59. The molecule has 1 heterocycles. The Balaban J connectivity index is 1.64. The lowest BCUT2D eigenvalue weighted by Crippen LogP contribution is -2.22. The highest BCUT2D eigenvalue weighted by molar-refractivity contribution is 6.03. The average molecular weight is 351 g/mol. The molecule has 0 spiro atoms. The predicted octanol–water partition coefficient (Wildman–Crippen LogP) is 3.87. The number of carbonyl (C=O) groups is 2. The number of nitrogens with zero attached hydrogens (tertiary/aromatic N) is 1. The summed E-state index contributed by atoms with van der Waals surface area (Å²) in [6, 6.07) is 14.9. The second kappa shape index (κ2) is 7.82. The Morgan fingerprint density at radius 3 is 2.69 bits per heavy atom. The number of esters is 1. The molecule has 26 heavy (non-hydrogen) atoms. The van der Waals surface area contributed by atoms with Gasteiger partial charge in [-0.15, -0.1) is 0 Å². The zero-order valence-corrected chi connectivity index (χ0v) is 14.8. The Morgan fingerprint density at radius 1 is 1.15 bits per heavy atom. The molecule has 0 aliphatic carbocycles. The number of carbonyl (C=O) groups excluding carboxylic acids is 2. The molecule has 1 amide bonds. The Kier molecular flexibility index (Phi) is 5.31. The molecule has 3 aromatic rings. The molecule has 0 saturated heterocycles. The molecule has 0 fully saturated rings. The Morgan fingerprint density at radius 2 is 1.88 bits per heavy atom. The van der Waals surface area contributed by atoms with Crippen molar-refractivity contribution in [3.8, 4) is 0 Å². The van der Waals surface area contributed by atoms with Gasteiger partial charge < -0.3 is 10.1 Å². The van der Waals surface area contributed by atoms with Gasteiger partial charge in [0.15, 0.2) is 12.3 Å². The van der Waals surface area contributed by atoms with Gasteiger partial charge in [-0.2, -0.15) is 5.10 Å². The topological polar surface area (TPSA) is 84.1 Å². The summed E-state index contributed by atoms with van der Waals surface area (Å²) in [6.07, 6.45) is 0.966. The van der Waals surface area contributed by atoms with Crippen molar-refractivity contribution in [3.63, 3.8) is 0 Å². The second-order valence-electron chi connectivity index (χ2n) is 6.14. The third kappa shape index (κ3) is 3.74. The third-order valence-electron chi connectivity index (χ3n) is 4.38. The minimum absolute atomic E-state index is 0.174. The van der Waals surface area contributed by atoms with Crippen LogP contribution < -0.4 is 5.32 Å². The van der Waals surface area contributed by atoms with Crippen LogP contribution in [0.4, 0.5) is 5.69 Å². The van der Waals surface area contributed by atoms with Gasteiger partial charge in [0.1, 0.15) is 0 Å². The van der Waals surface area contributed by atoms with Crippen LogP contribution in [0.3, 0.4) is 0 Å². The summed E-state index contributed by atoms with van der Waals surface area (Å²) in [6.45, 7) is 3.84. The van der Waals surface area contributed by atoms with Crippen molar-refractivity contribution in [1.29, 1.82) is 0 Å². The maximum Gasteiger partial charge on any atom is 0.359 e. The van der Waals surface area contributed by atoms with Crippen LogP contribution in [0.1, 0.15) is 42.2 Å². The van der Waals surface area contributed by atoms with Crippen molar-refractivity contribution >= 4 is 28.5 Å². The molecule has 1 unspecified atom stereocenters. The summed E-state index contributed by atoms with van der Waals surface area (Å²) in [7, 11) is 0. The van der Waals surface area contributed by atoms with Crippen LogP contribution in [-0.4, -0.2) is 28.7 Å². The Bertz CT molecular complexity index is 933. The van der Waals surface area contributed by atoms with Crippen LogP contribution in [0.25, 0.3) is 10.9 Å². The zero-order chi connectivity index (χ0) is 18.5. The number of fused-ring (bicyclic) bond motifs is 1. The fourth-order valence-corrected chi connectivity index (χ4v) is 2.77. The van der Waals surface area contributed by atoms with E-state index in [2.05, 4.69) is 29.4 Å². The summed E-state index contributed by atoms with van der Waals surface area (Å²) < 4.78 is 5.12. The van der Waals surface area contributed by atoms with Gasteiger partial charge in [-0.3, -0.25) is 9.89 Å². The van der Waals surface area contributed by atoms with E-state index in [1.54, 1.807) is 6.07 Å². The van der Waals surface area contributed by atoms with Crippen LogP contribution in [0.5, 0.6) is 0 Å². The van der Waals surface area contributed by atoms with Gasteiger partial charge in [0, 0.05) is 11.1 Å². The van der Waals surface area contributed by atoms with Gasteiger partial charge in [0.05, 0.1) is 5.52 Å². The monoisotopic (exact) mass is 351 g/mol. The average Bonchev–Trinajstić information content (AvgIpc) is 3.10. The van der Waals surface area contributed by atoms with Crippen molar-refractivity contribution < 1.29 is 14.3 Å². The highest BCUT2D eigenvalue weighted by Crippen LogP contribution is 2.26. The van der Waals surface area contributed by atoms with E-state index >= 15 is 0 Å². The summed E-state index contributed by atoms with van der Waals surface area (Å²) >= 11 is 0. The van der Waals surface area contributed by atoms with Crippen LogP contribution >= 0.6 is 0 Å². The predicted molar refractivity (Wildman–Crippen MR) is 100 cm³/mol. The molecule has 0 aliphatic rings. The van der Waals surface area contributed by atoms with Gasteiger partial charge in [-0.05, 0) is 30.0 Å². The standard InChI is InChI=1S/C20H21N3O3/c1-3-13(2)14-8-4-6-10-16(14)21-18(24)12-26-20(25)19-15-9-5-7-11-17(15)22-23-19/h4-11,13H,3,12H2,1-2H3,(H,21,24)(H,22,23). The molecule has 1 aromatic heterocycles. The molecule has 3 rings (SSSR count). The summed E-state index contributed by atoms with van der Waals surface area (Å²) in [5.41, 5.74) is 2.72. The van der Waals surface area contributed by atoms with E-state index in [0.29, 0.717) is 11.3 Å². The van der Waals surface area contributed by atoms with Crippen molar-refractivity contribution in [2.75, 3.05) is 11.9 Å². The molecule has 0 bridgehead atoms. The molecule has 0 aliphatic heterocycles. The molecule has 0 radical (unpaired) electrons. The van der Waals surface area contributed by atoms with E-state index in [-0.39, 0.29) is 18.2 Å². The van der Waals surface area contributed by atoms with Crippen molar-refractivity contribution in [1.82, 2.24) is 10.2 Å². The number of para-hydroxylation sites is 2. The number of H-pyrrole nitrogens is 1. The lowest BCUT2D eigenvalue weighted by atomic mass is 9.97. The minimum Gasteiger partial charge on any atom is -0.451 e. The molecule has 6 nitrogen and oxygen atoms in total. The van der Waals surface area contributed by atoms with Crippen molar-refractivity contribution in [2.24, 2.45) is 0 Å². The maximum absolute atomic E-state index is 12.2. The van der Waals surface area contributed by atoms with Crippen LogP contribution in [0.15, 0.2) is 48.5 Å². The summed E-state index contributed by atoms with van der Waals surface area (Å²) in [5, 5.41) is 10.2. The Hall–Kier alpha value is -3.15. The van der Waals surface area contributed by atoms with E-state index in [4.69, 9.17) is 4.74 Å². The fraction of sp³-hybridized carbons (Fsp3) is 0.250. The number of nitrogens with one attached hydrogen (secondary N) is 2. The highest BCUT2D eigenvalue weighted by atomic mass is 16.5. The lowest BCUT2D eigenvalue weighted by Gasteiger charge is -2.15. The quantitative estimate of drug-likeness (QED) is 0.660. The molecule has 2 N–H and O–H groups in total. The smallest absolute Gasteiger partial charge is 0.359 e. The van der Waals surface area contributed by atoms with Gasteiger partial charge in [-0.25, -0.2) is 4.79 Å². The number of hydrogen-bond donors (Lipinski definition) is 2. The highest BCUT2D eigenvalue weighted by Gasteiger charge is 2.17. The molecular formula is C20H21N3O3. The Labute approximate surface area is 151 Å². The molecule has 2 aromatic carbocycles. The first-order chi connectivity index (χ1) is 12.6. The van der Waals surface area contributed by atoms with Crippen LogP contribution in [0, 0.1) is 0 Å². The largest absolute Gasteiger partial charge is 0.451 e. The van der Waals surface area contributed by atoms with Gasteiger partial charge in [0.25, 0.3) is 5.91 Å². The second-order valence-corrected chi connectivity index (χ2v) is 6.14. The lowest BCUT2D eigenvalue weighted by molar-refractivity contribution is -0.119. The zero-order valence-electron chi connectivity index (χ0n) is 14.8. The number of aromatic amines is 1. The van der Waals surface area contributed by atoms with Crippen molar-refractivity contribution in [3.05, 3.63) is 59.8 Å². The number of anilines is 1. The van der Waals surface area contributed by atoms with E-state index < -0.39 is 5.97 Å². The normalized spacial score (nSPS) is 11.9. The van der Waals surface area contributed by atoms with Gasteiger partial charge in [-0.1, -0.05) is 50.2 Å². The summed E-state index contributed by atoms with van der Waals surface area (Å²) in [5.74, 6) is -0.689. The van der Waals surface area contributed by atoms with Crippen LogP contribution in [0.2, 0.25) is 0 Å². The first-order valence-corrected chi connectivity index (χ1v) is 8.59. The van der Waals surface area contributed by atoms with E-state index in [1.165, 1.54) is 0 Å². The number of amides is 1. The third-order valence-corrected chi connectivity index (χ3v) is 4.38. The number of hydrogen-bond acceptors (Lipinski definition) is 4. The number of aromatic nitrogens is 2. The van der Waals surface area contributed by atoms with Gasteiger partial charge in [0.2, 0.25) is 0 Å². The van der Waals surface area contributed by atoms with Crippen LogP contribution in [-0.2, 0) is 9.53 Å². The first kappa shape index (κ1) is 17.7. The molecule has 6 heteroatoms. The van der Waals surface area contributed by atoms with Gasteiger partial charge >= 0.3 is 5.97 Å². The van der Waals surface area contributed by atoms with E-state index in [0.717, 1.165) is 23.2 Å². The molecular weight excluding hydrogens is 330 g/mol. The maximum atomic E-state index is 12.2. The summed E-state index contributed by atoms with van der Waals surface area (Å²) in [4.78, 5) is 24.4. The minimum atomic E-state index is -0.632. The molecule has 134 valence electrons.